The number of rotatable bonds is 6. The van der Waals surface area contributed by atoms with E-state index in [0.717, 1.165) is 44.2 Å². The summed E-state index contributed by atoms with van der Waals surface area (Å²) in [6.07, 6.45) is 0.901. The molecule has 0 bridgehead atoms. The monoisotopic (exact) mass is 425 g/mol. The molecule has 1 aliphatic heterocycles. The van der Waals surface area contributed by atoms with E-state index in [9.17, 15) is 4.79 Å². The molecule has 1 N–H and O–H groups in total. The summed E-state index contributed by atoms with van der Waals surface area (Å²) in [4.78, 5) is 17.0. The molecule has 0 aliphatic carbocycles. The number of carbonyl (C=O) groups excluding carboxylic acids is 1. The number of nitrogens with one attached hydrogen (secondary N) is 1. The molecule has 27 heavy (non-hydrogen) atoms. The van der Waals surface area contributed by atoms with Crippen molar-refractivity contribution >= 4 is 46.4 Å². The maximum atomic E-state index is 12.2. The average Bonchev–Trinajstić information content (AvgIpc) is 2.66. The third-order valence-electron chi connectivity index (χ3n) is 4.68. The molecule has 1 fully saturated rings. The minimum absolute atomic E-state index is 0.163. The normalized spacial score (nSPS) is 15.0. The minimum atomic E-state index is -0.163. The highest BCUT2D eigenvalue weighted by molar-refractivity contribution is 6.36. The maximum Gasteiger partial charge on any atom is 0.252 e. The van der Waals surface area contributed by atoms with Gasteiger partial charge in [-0.05, 0) is 55.4 Å². The average molecular weight is 427 g/mol. The van der Waals surface area contributed by atoms with Crippen LogP contribution in [0.1, 0.15) is 16.8 Å². The zero-order chi connectivity index (χ0) is 19.2. The lowest BCUT2D eigenvalue weighted by Crippen LogP contribution is -2.47. The molecular weight excluding hydrogens is 405 g/mol. The Morgan fingerprint density at radius 2 is 1.59 bits per heavy atom. The van der Waals surface area contributed by atoms with Crippen molar-refractivity contribution < 1.29 is 4.79 Å². The molecule has 0 unspecified atom stereocenters. The van der Waals surface area contributed by atoms with Crippen LogP contribution in [-0.2, 0) is 0 Å². The van der Waals surface area contributed by atoms with Crippen LogP contribution >= 0.6 is 34.8 Å². The number of carbonyl (C=O) groups is 1. The molecule has 144 valence electrons. The van der Waals surface area contributed by atoms with Crippen molar-refractivity contribution in [3.63, 3.8) is 0 Å². The first-order valence-electron chi connectivity index (χ1n) is 8.99. The van der Waals surface area contributed by atoms with Crippen molar-refractivity contribution in [2.24, 2.45) is 0 Å². The number of halogens is 3. The van der Waals surface area contributed by atoms with Gasteiger partial charge >= 0.3 is 0 Å². The molecule has 0 atom stereocenters. The van der Waals surface area contributed by atoms with Gasteiger partial charge in [-0.15, -0.1) is 0 Å². The second-order valence-corrected chi connectivity index (χ2v) is 7.82. The number of amides is 1. The quantitative estimate of drug-likeness (QED) is 0.686. The van der Waals surface area contributed by atoms with Crippen LogP contribution in [0.2, 0.25) is 15.1 Å². The van der Waals surface area contributed by atoms with Gasteiger partial charge in [-0.1, -0.05) is 34.8 Å². The SMILES string of the molecule is O=C(NCCCN1CCN(c2ccc(Cl)cc2)CC1)c1ccc(Cl)cc1Cl. The van der Waals surface area contributed by atoms with E-state index in [1.165, 1.54) is 5.69 Å². The third-order valence-corrected chi connectivity index (χ3v) is 5.48. The predicted molar refractivity (Wildman–Crippen MR) is 114 cm³/mol. The number of benzene rings is 2. The summed E-state index contributed by atoms with van der Waals surface area (Å²) in [5.41, 5.74) is 1.67. The van der Waals surface area contributed by atoms with Gasteiger partial charge in [-0.2, -0.15) is 0 Å². The van der Waals surface area contributed by atoms with E-state index < -0.39 is 0 Å². The summed E-state index contributed by atoms with van der Waals surface area (Å²) in [6.45, 7) is 5.60. The summed E-state index contributed by atoms with van der Waals surface area (Å²) in [5.74, 6) is -0.163. The van der Waals surface area contributed by atoms with Crippen LogP contribution in [0.5, 0.6) is 0 Å². The zero-order valence-electron chi connectivity index (χ0n) is 14.9. The number of hydrogen-bond acceptors (Lipinski definition) is 3. The third kappa shape index (κ3) is 5.76. The van der Waals surface area contributed by atoms with E-state index in [2.05, 4.69) is 27.2 Å². The molecule has 7 heteroatoms. The fraction of sp³-hybridized carbons (Fsp3) is 0.350. The Bertz CT molecular complexity index is 775. The van der Waals surface area contributed by atoms with Crippen LogP contribution in [0.25, 0.3) is 0 Å². The lowest BCUT2D eigenvalue weighted by atomic mass is 10.2. The summed E-state index contributed by atoms with van der Waals surface area (Å²) in [7, 11) is 0. The van der Waals surface area contributed by atoms with Gasteiger partial charge in [0.05, 0.1) is 10.6 Å². The van der Waals surface area contributed by atoms with Crippen molar-refractivity contribution in [1.82, 2.24) is 10.2 Å². The molecule has 0 radical (unpaired) electrons. The zero-order valence-corrected chi connectivity index (χ0v) is 17.2. The Morgan fingerprint density at radius 1 is 0.926 bits per heavy atom. The first-order chi connectivity index (χ1) is 13.0. The molecular formula is C20H22Cl3N3O. The fourth-order valence-electron chi connectivity index (χ4n) is 3.16. The van der Waals surface area contributed by atoms with Crippen LogP contribution in [0.15, 0.2) is 42.5 Å². The van der Waals surface area contributed by atoms with Crippen LogP contribution in [0.4, 0.5) is 5.69 Å². The molecule has 0 saturated carbocycles. The van der Waals surface area contributed by atoms with Crippen LogP contribution < -0.4 is 10.2 Å². The first-order valence-corrected chi connectivity index (χ1v) is 10.1. The lowest BCUT2D eigenvalue weighted by Gasteiger charge is -2.36. The Labute approximate surface area is 175 Å². The molecule has 1 heterocycles. The molecule has 0 spiro atoms. The lowest BCUT2D eigenvalue weighted by molar-refractivity contribution is 0.0951. The second-order valence-electron chi connectivity index (χ2n) is 6.54. The van der Waals surface area contributed by atoms with Gasteiger partial charge in [0.2, 0.25) is 0 Å². The Morgan fingerprint density at radius 3 is 2.26 bits per heavy atom. The molecule has 1 amide bonds. The number of nitrogens with zero attached hydrogens (tertiary/aromatic N) is 2. The summed E-state index contributed by atoms with van der Waals surface area (Å²) < 4.78 is 0. The van der Waals surface area contributed by atoms with Gasteiger partial charge in [0.1, 0.15) is 0 Å². The van der Waals surface area contributed by atoms with E-state index >= 15 is 0 Å². The molecule has 2 aromatic rings. The second kappa shape index (κ2) is 9.65. The van der Waals surface area contributed by atoms with Crippen molar-refractivity contribution in [3.05, 3.63) is 63.1 Å². The molecule has 1 aliphatic rings. The molecule has 4 nitrogen and oxygen atoms in total. The van der Waals surface area contributed by atoms with Gasteiger partial charge in [-0.25, -0.2) is 0 Å². The molecule has 1 saturated heterocycles. The largest absolute Gasteiger partial charge is 0.369 e. The van der Waals surface area contributed by atoms with E-state index in [1.807, 2.05) is 12.1 Å². The first kappa shape index (κ1) is 20.3. The van der Waals surface area contributed by atoms with E-state index in [1.54, 1.807) is 18.2 Å². The minimum Gasteiger partial charge on any atom is -0.369 e. The van der Waals surface area contributed by atoms with E-state index in [-0.39, 0.29) is 5.91 Å². The van der Waals surface area contributed by atoms with Crippen LogP contribution in [0, 0.1) is 0 Å². The molecule has 0 aromatic heterocycles. The summed E-state index contributed by atoms with van der Waals surface area (Å²) in [6, 6.07) is 12.9. The highest BCUT2D eigenvalue weighted by Gasteiger charge is 2.17. The smallest absolute Gasteiger partial charge is 0.252 e. The van der Waals surface area contributed by atoms with Crippen LogP contribution in [0.3, 0.4) is 0 Å². The van der Waals surface area contributed by atoms with Gasteiger partial charge in [0.15, 0.2) is 0 Å². The highest BCUT2D eigenvalue weighted by Crippen LogP contribution is 2.21. The Kier molecular flexibility index (Phi) is 7.25. The van der Waals surface area contributed by atoms with Gasteiger partial charge in [0, 0.05) is 48.5 Å². The predicted octanol–water partition coefficient (Wildman–Crippen LogP) is 4.59. The van der Waals surface area contributed by atoms with Crippen molar-refractivity contribution in [1.29, 1.82) is 0 Å². The highest BCUT2D eigenvalue weighted by atomic mass is 35.5. The van der Waals surface area contributed by atoms with E-state index in [4.69, 9.17) is 34.8 Å². The topological polar surface area (TPSA) is 35.6 Å². The van der Waals surface area contributed by atoms with E-state index in [0.29, 0.717) is 22.2 Å². The van der Waals surface area contributed by atoms with Gasteiger partial charge in [0.25, 0.3) is 5.91 Å². The van der Waals surface area contributed by atoms with Gasteiger partial charge < -0.3 is 10.2 Å². The summed E-state index contributed by atoms with van der Waals surface area (Å²) >= 11 is 17.9. The maximum absolute atomic E-state index is 12.2. The number of hydrogen-bond donors (Lipinski definition) is 1. The molecule has 3 rings (SSSR count). The Balaban J connectivity index is 1.37. The standard InChI is InChI=1S/C20H22Cl3N3O/c21-15-2-5-17(6-3-15)26-12-10-25(11-13-26)9-1-8-24-20(27)18-7-4-16(22)14-19(18)23/h2-7,14H,1,8-13H2,(H,24,27). The van der Waals surface area contributed by atoms with Crippen LogP contribution in [-0.4, -0.2) is 50.1 Å². The van der Waals surface area contributed by atoms with Crippen molar-refractivity contribution in [2.75, 3.05) is 44.2 Å². The van der Waals surface area contributed by atoms with Crippen molar-refractivity contribution in [2.45, 2.75) is 6.42 Å². The number of anilines is 1. The Hall–Kier alpha value is -1.46. The fourth-order valence-corrected chi connectivity index (χ4v) is 3.78. The van der Waals surface area contributed by atoms with Gasteiger partial charge in [-0.3, -0.25) is 9.69 Å². The summed E-state index contributed by atoms with van der Waals surface area (Å²) in [5, 5.41) is 4.58. The number of piperazine rings is 1. The van der Waals surface area contributed by atoms with Crippen molar-refractivity contribution in [3.8, 4) is 0 Å². The molecule has 2 aromatic carbocycles.